The van der Waals surface area contributed by atoms with E-state index in [2.05, 4.69) is 20.8 Å². The van der Waals surface area contributed by atoms with Gasteiger partial charge in [0.1, 0.15) is 5.75 Å². The van der Waals surface area contributed by atoms with Gasteiger partial charge in [-0.15, -0.1) is 0 Å². The molecule has 2 aromatic carbocycles. The zero-order valence-corrected chi connectivity index (χ0v) is 17.9. The molecule has 0 bridgehead atoms. The second-order valence-electron chi connectivity index (χ2n) is 6.20. The van der Waals surface area contributed by atoms with Crippen LogP contribution < -0.4 is 15.4 Å². The van der Waals surface area contributed by atoms with Gasteiger partial charge in [0.15, 0.2) is 0 Å². The Morgan fingerprint density at radius 2 is 1.84 bits per heavy atom. The fraction of sp³-hybridized carbons (Fsp3) is 0.158. The Labute approximate surface area is 190 Å². The molecule has 0 aliphatic carbocycles. The minimum Gasteiger partial charge on any atom is -0.496 e. The van der Waals surface area contributed by atoms with Crippen LogP contribution in [0.5, 0.6) is 5.75 Å². The van der Waals surface area contributed by atoms with Crippen LogP contribution in [-0.2, 0) is 0 Å². The first-order valence-corrected chi connectivity index (χ1v) is 9.73. The van der Waals surface area contributed by atoms with Gasteiger partial charge in [-0.05, 0) is 24.3 Å². The predicted octanol–water partition coefficient (Wildman–Crippen LogP) is 3.12. The molecule has 0 aliphatic rings. The molecule has 166 valence electrons. The van der Waals surface area contributed by atoms with E-state index in [1.54, 1.807) is 18.2 Å². The number of halogens is 2. The Kier molecular flexibility index (Phi) is 7.23. The van der Waals surface area contributed by atoms with Crippen LogP contribution in [0.3, 0.4) is 0 Å². The Hall–Kier alpha value is -3.70. The second kappa shape index (κ2) is 10.1. The van der Waals surface area contributed by atoms with E-state index in [1.807, 2.05) is 0 Å². The fourth-order valence-corrected chi connectivity index (χ4v) is 2.98. The SMILES string of the molecule is COc1ccc(Cl)cc1-c1noc(C(=O)NCCNC(=O)c2cc([N+](=O)[O-])ccc2Cl)n1. The third-order valence-electron chi connectivity index (χ3n) is 4.12. The molecule has 2 N–H and O–H groups in total. The summed E-state index contributed by atoms with van der Waals surface area (Å²) in [5.41, 5.74) is 0.129. The number of nitro benzene ring substituents is 1. The van der Waals surface area contributed by atoms with Crippen molar-refractivity contribution in [2.45, 2.75) is 0 Å². The molecule has 1 heterocycles. The minimum atomic E-state index is -0.660. The number of rotatable bonds is 8. The maximum Gasteiger partial charge on any atom is 0.316 e. The minimum absolute atomic E-state index is 0.0205. The number of nitrogens with one attached hydrogen (secondary N) is 2. The highest BCUT2D eigenvalue weighted by Gasteiger charge is 2.19. The van der Waals surface area contributed by atoms with Crippen LogP contribution in [0.15, 0.2) is 40.9 Å². The van der Waals surface area contributed by atoms with E-state index in [-0.39, 0.29) is 41.1 Å². The van der Waals surface area contributed by atoms with Crippen LogP contribution in [0.2, 0.25) is 10.0 Å². The molecule has 3 rings (SSSR count). The van der Waals surface area contributed by atoms with Crippen LogP contribution >= 0.6 is 23.2 Å². The van der Waals surface area contributed by atoms with Crippen molar-refractivity contribution in [2.75, 3.05) is 20.2 Å². The lowest BCUT2D eigenvalue weighted by molar-refractivity contribution is -0.384. The van der Waals surface area contributed by atoms with Crippen LogP contribution in [0, 0.1) is 10.1 Å². The van der Waals surface area contributed by atoms with E-state index in [9.17, 15) is 19.7 Å². The average Bonchev–Trinajstić information content (AvgIpc) is 3.26. The molecule has 0 spiro atoms. The molecule has 2 amide bonds. The van der Waals surface area contributed by atoms with Gasteiger partial charge in [0.05, 0.1) is 28.2 Å². The number of non-ortho nitro benzene ring substituents is 1. The third kappa shape index (κ3) is 5.31. The second-order valence-corrected chi connectivity index (χ2v) is 7.04. The van der Waals surface area contributed by atoms with Crippen molar-refractivity contribution in [3.8, 4) is 17.1 Å². The van der Waals surface area contributed by atoms with Gasteiger partial charge in [0.2, 0.25) is 5.82 Å². The Morgan fingerprint density at radius 3 is 2.53 bits per heavy atom. The molecule has 0 unspecified atom stereocenters. The molecular formula is C19H15Cl2N5O6. The first kappa shape index (κ1) is 23.0. The number of amides is 2. The number of ether oxygens (including phenoxy) is 1. The van der Waals surface area contributed by atoms with Crippen molar-refractivity contribution in [2.24, 2.45) is 0 Å². The van der Waals surface area contributed by atoms with Gasteiger partial charge in [-0.1, -0.05) is 28.4 Å². The van der Waals surface area contributed by atoms with Crippen LogP contribution in [0.25, 0.3) is 11.4 Å². The first-order valence-electron chi connectivity index (χ1n) is 8.98. The molecule has 0 fully saturated rings. The zero-order chi connectivity index (χ0) is 23.3. The number of benzene rings is 2. The number of aromatic nitrogens is 2. The van der Waals surface area contributed by atoms with E-state index in [0.717, 1.165) is 6.07 Å². The Balaban J connectivity index is 1.56. The summed E-state index contributed by atoms with van der Waals surface area (Å²) in [6.45, 7) is 0.0437. The lowest BCUT2D eigenvalue weighted by atomic mass is 10.2. The molecule has 0 atom stereocenters. The lowest BCUT2D eigenvalue weighted by Crippen LogP contribution is -2.35. The average molecular weight is 480 g/mol. The van der Waals surface area contributed by atoms with Crippen molar-refractivity contribution in [1.82, 2.24) is 20.8 Å². The molecular weight excluding hydrogens is 465 g/mol. The third-order valence-corrected chi connectivity index (χ3v) is 4.69. The summed E-state index contributed by atoms with van der Waals surface area (Å²) in [6.07, 6.45) is 0. The predicted molar refractivity (Wildman–Crippen MR) is 114 cm³/mol. The highest BCUT2D eigenvalue weighted by molar-refractivity contribution is 6.34. The smallest absolute Gasteiger partial charge is 0.316 e. The van der Waals surface area contributed by atoms with Gasteiger partial charge in [-0.2, -0.15) is 4.98 Å². The molecule has 0 saturated carbocycles. The molecule has 1 aromatic heterocycles. The number of hydrogen-bond acceptors (Lipinski definition) is 8. The molecule has 0 aliphatic heterocycles. The van der Waals surface area contributed by atoms with Crippen LogP contribution in [0.1, 0.15) is 21.0 Å². The summed E-state index contributed by atoms with van der Waals surface area (Å²) in [7, 11) is 1.47. The van der Waals surface area contributed by atoms with Gasteiger partial charge in [0.25, 0.3) is 11.6 Å². The normalized spacial score (nSPS) is 10.5. The molecule has 0 saturated heterocycles. The van der Waals surface area contributed by atoms with Gasteiger partial charge >= 0.3 is 11.8 Å². The fourth-order valence-electron chi connectivity index (χ4n) is 2.60. The Bertz CT molecular complexity index is 1180. The van der Waals surface area contributed by atoms with Crippen molar-refractivity contribution in [1.29, 1.82) is 0 Å². The Morgan fingerprint density at radius 1 is 1.12 bits per heavy atom. The van der Waals surface area contributed by atoms with Gasteiger partial charge in [-0.25, -0.2) is 0 Å². The number of methoxy groups -OCH3 is 1. The van der Waals surface area contributed by atoms with Crippen molar-refractivity contribution in [3.05, 3.63) is 68.0 Å². The molecule has 0 radical (unpaired) electrons. The molecule has 13 heteroatoms. The summed E-state index contributed by atoms with van der Waals surface area (Å²) in [6, 6.07) is 8.36. The number of hydrogen-bond donors (Lipinski definition) is 2. The highest BCUT2D eigenvalue weighted by Crippen LogP contribution is 2.30. The van der Waals surface area contributed by atoms with Crippen molar-refractivity contribution >= 4 is 40.7 Å². The standard InChI is InChI=1S/C19H15Cl2N5O6/c1-31-15-5-2-10(20)8-13(15)16-24-19(32-25-16)18(28)23-7-6-22-17(27)12-9-11(26(29)30)3-4-14(12)21/h2-5,8-9H,6-7H2,1H3,(H,22,27)(H,23,28). The largest absolute Gasteiger partial charge is 0.496 e. The maximum absolute atomic E-state index is 12.2. The van der Waals surface area contributed by atoms with Crippen LogP contribution in [0.4, 0.5) is 5.69 Å². The van der Waals surface area contributed by atoms with E-state index < -0.39 is 16.7 Å². The van der Waals surface area contributed by atoms with Crippen LogP contribution in [-0.4, -0.2) is 47.1 Å². The zero-order valence-electron chi connectivity index (χ0n) is 16.4. The molecule has 11 nitrogen and oxygen atoms in total. The van der Waals surface area contributed by atoms with Crippen molar-refractivity contribution < 1.29 is 23.8 Å². The lowest BCUT2D eigenvalue weighted by Gasteiger charge is -2.07. The van der Waals surface area contributed by atoms with E-state index in [4.69, 9.17) is 32.5 Å². The number of carbonyl (C=O) groups is 2. The monoisotopic (exact) mass is 479 g/mol. The van der Waals surface area contributed by atoms with Crippen molar-refractivity contribution in [3.63, 3.8) is 0 Å². The quantitative estimate of drug-likeness (QED) is 0.284. The summed E-state index contributed by atoms with van der Waals surface area (Å²) in [5.74, 6) is -1.02. The summed E-state index contributed by atoms with van der Waals surface area (Å²) in [5, 5.41) is 20.1. The summed E-state index contributed by atoms with van der Waals surface area (Å²) >= 11 is 11.9. The molecule has 3 aromatic rings. The van der Waals surface area contributed by atoms with E-state index >= 15 is 0 Å². The molecule has 32 heavy (non-hydrogen) atoms. The number of nitrogens with zero attached hydrogens (tertiary/aromatic N) is 3. The number of nitro groups is 1. The maximum atomic E-state index is 12.2. The van der Waals surface area contributed by atoms with Gasteiger partial charge < -0.3 is 19.9 Å². The summed E-state index contributed by atoms with van der Waals surface area (Å²) in [4.78, 5) is 38.7. The van der Waals surface area contributed by atoms with Gasteiger partial charge in [-0.3, -0.25) is 19.7 Å². The topological polar surface area (TPSA) is 149 Å². The summed E-state index contributed by atoms with van der Waals surface area (Å²) < 4.78 is 10.2. The van der Waals surface area contributed by atoms with E-state index in [1.165, 1.54) is 19.2 Å². The first-order chi connectivity index (χ1) is 15.3. The number of carbonyl (C=O) groups excluding carboxylic acids is 2. The highest BCUT2D eigenvalue weighted by atomic mass is 35.5. The van der Waals surface area contributed by atoms with E-state index in [0.29, 0.717) is 16.3 Å². The van der Waals surface area contributed by atoms with Gasteiger partial charge in [0, 0.05) is 30.2 Å².